The zero-order chi connectivity index (χ0) is 20.3. The van der Waals surface area contributed by atoms with Crippen molar-refractivity contribution < 1.29 is 9.90 Å². The maximum atomic E-state index is 11.5. The van der Waals surface area contributed by atoms with Crippen LogP contribution in [0.5, 0.6) is 0 Å². The smallest absolute Gasteiger partial charge is 0.129 e. The maximum absolute atomic E-state index is 11.5. The molecule has 4 fully saturated rings. The third kappa shape index (κ3) is 3.30. The molecule has 1 N–H and O–H groups in total. The molecule has 0 aromatic rings. The number of Topliss-reactive ketones (excluding diaryl/α,β-unsaturated/α-hetero) is 1. The van der Waals surface area contributed by atoms with Crippen LogP contribution in [-0.2, 0) is 4.79 Å². The van der Waals surface area contributed by atoms with Gasteiger partial charge >= 0.3 is 0 Å². The monoisotopic (exact) mass is 388 g/mol. The Morgan fingerprint density at radius 1 is 0.964 bits per heavy atom. The van der Waals surface area contributed by atoms with E-state index in [2.05, 4.69) is 27.7 Å². The van der Waals surface area contributed by atoms with Crippen LogP contribution in [0, 0.1) is 46.3 Å². The Labute approximate surface area is 173 Å². The molecular weight excluding hydrogens is 344 g/mol. The van der Waals surface area contributed by atoms with Crippen molar-refractivity contribution in [1.29, 1.82) is 0 Å². The van der Waals surface area contributed by atoms with E-state index in [-0.39, 0.29) is 0 Å². The largest absolute Gasteiger partial charge is 0.390 e. The van der Waals surface area contributed by atoms with E-state index in [9.17, 15) is 9.90 Å². The highest BCUT2D eigenvalue weighted by atomic mass is 16.3. The van der Waals surface area contributed by atoms with Crippen molar-refractivity contribution in [2.24, 2.45) is 46.3 Å². The fourth-order valence-electron chi connectivity index (χ4n) is 9.04. The van der Waals surface area contributed by atoms with Crippen LogP contribution in [0.15, 0.2) is 0 Å². The lowest BCUT2D eigenvalue weighted by molar-refractivity contribution is -0.148. The van der Waals surface area contributed by atoms with Gasteiger partial charge in [0, 0.05) is 6.42 Å². The maximum Gasteiger partial charge on any atom is 0.129 e. The average molecular weight is 389 g/mol. The number of hydrogen-bond donors (Lipinski definition) is 1. The van der Waals surface area contributed by atoms with Crippen LogP contribution < -0.4 is 0 Å². The zero-order valence-electron chi connectivity index (χ0n) is 19.1. The number of hydrogen-bond acceptors (Lipinski definition) is 2. The Bertz CT molecular complexity index is 610. The molecule has 9 atom stereocenters. The predicted octanol–water partition coefficient (Wildman–Crippen LogP) is 6.40. The minimum atomic E-state index is -0.426. The van der Waals surface area contributed by atoms with Crippen LogP contribution in [0.3, 0.4) is 0 Å². The van der Waals surface area contributed by atoms with Crippen LogP contribution in [-0.4, -0.2) is 16.5 Å². The standard InChI is InChI=1S/C26H44O2/c1-17(6-7-18(2)27)21-10-11-22-20-9-8-19-16-24(3,28)14-15-25(19,4)23(20)12-13-26(21,22)5/h17,19-23,28H,6-16H2,1-5H3/t17-,19+,20?,21-,22?,23?,24+,25+,26-/m1/s1. The van der Waals surface area contributed by atoms with Crippen LogP contribution in [0.25, 0.3) is 0 Å². The third-order valence-electron chi connectivity index (χ3n) is 10.7. The topological polar surface area (TPSA) is 37.3 Å². The molecule has 4 rings (SSSR count). The van der Waals surface area contributed by atoms with Crippen molar-refractivity contribution in [3.63, 3.8) is 0 Å². The van der Waals surface area contributed by atoms with E-state index in [4.69, 9.17) is 0 Å². The molecular formula is C26H44O2. The van der Waals surface area contributed by atoms with Gasteiger partial charge < -0.3 is 9.90 Å². The van der Waals surface area contributed by atoms with E-state index in [1.54, 1.807) is 6.92 Å². The highest BCUT2D eigenvalue weighted by molar-refractivity contribution is 5.75. The molecule has 0 amide bonds. The Hall–Kier alpha value is -0.370. The summed E-state index contributed by atoms with van der Waals surface area (Å²) in [6, 6.07) is 0. The average Bonchev–Trinajstić information content (AvgIpc) is 2.97. The van der Waals surface area contributed by atoms with Crippen molar-refractivity contribution in [1.82, 2.24) is 0 Å². The van der Waals surface area contributed by atoms with Crippen LogP contribution >= 0.6 is 0 Å². The summed E-state index contributed by atoms with van der Waals surface area (Å²) in [6.45, 7) is 11.5. The molecule has 0 saturated heterocycles. The summed E-state index contributed by atoms with van der Waals surface area (Å²) < 4.78 is 0. The lowest BCUT2D eigenvalue weighted by atomic mass is 9.43. The van der Waals surface area contributed by atoms with Gasteiger partial charge in [-0.3, -0.25) is 0 Å². The zero-order valence-corrected chi connectivity index (χ0v) is 19.1. The number of ketones is 1. The Morgan fingerprint density at radius 3 is 2.39 bits per heavy atom. The van der Waals surface area contributed by atoms with E-state index >= 15 is 0 Å². The normalized spacial score (nSPS) is 51.7. The molecule has 28 heavy (non-hydrogen) atoms. The molecule has 0 spiro atoms. The van der Waals surface area contributed by atoms with Gasteiger partial charge in [0.25, 0.3) is 0 Å². The quantitative estimate of drug-likeness (QED) is 0.605. The minimum absolute atomic E-state index is 0.356. The van der Waals surface area contributed by atoms with Gasteiger partial charge in [0.2, 0.25) is 0 Å². The summed E-state index contributed by atoms with van der Waals surface area (Å²) in [5, 5.41) is 10.7. The number of carbonyl (C=O) groups excluding carboxylic acids is 1. The number of aliphatic hydroxyl groups is 1. The molecule has 0 heterocycles. The van der Waals surface area contributed by atoms with Crippen molar-refractivity contribution in [2.75, 3.05) is 0 Å². The van der Waals surface area contributed by atoms with Crippen LogP contribution in [0.2, 0.25) is 0 Å². The van der Waals surface area contributed by atoms with Crippen molar-refractivity contribution in [3.05, 3.63) is 0 Å². The molecule has 4 aliphatic carbocycles. The first-order valence-corrected chi connectivity index (χ1v) is 12.3. The molecule has 4 aliphatic rings. The van der Waals surface area contributed by atoms with E-state index < -0.39 is 5.60 Å². The van der Waals surface area contributed by atoms with Gasteiger partial charge in [-0.15, -0.1) is 0 Å². The summed E-state index contributed by atoms with van der Waals surface area (Å²) in [4.78, 5) is 11.5. The van der Waals surface area contributed by atoms with E-state index in [1.165, 1.54) is 44.9 Å². The Kier molecular flexibility index (Phi) is 5.30. The third-order valence-corrected chi connectivity index (χ3v) is 10.7. The predicted molar refractivity (Wildman–Crippen MR) is 115 cm³/mol. The first kappa shape index (κ1) is 20.9. The molecule has 2 heteroatoms. The molecule has 0 aromatic carbocycles. The fraction of sp³-hybridized carbons (Fsp3) is 0.962. The molecule has 2 nitrogen and oxygen atoms in total. The molecule has 4 saturated carbocycles. The second kappa shape index (κ2) is 7.10. The summed E-state index contributed by atoms with van der Waals surface area (Å²) >= 11 is 0. The molecule has 0 bridgehead atoms. The van der Waals surface area contributed by atoms with Gasteiger partial charge in [-0.2, -0.15) is 0 Å². The van der Waals surface area contributed by atoms with Gasteiger partial charge in [0.1, 0.15) is 5.78 Å². The van der Waals surface area contributed by atoms with Crippen molar-refractivity contribution in [2.45, 2.75) is 111 Å². The number of carbonyl (C=O) groups is 1. The first-order valence-electron chi connectivity index (χ1n) is 12.3. The highest BCUT2D eigenvalue weighted by Gasteiger charge is 2.61. The van der Waals surface area contributed by atoms with Gasteiger partial charge in [-0.05, 0) is 124 Å². The van der Waals surface area contributed by atoms with Gasteiger partial charge in [-0.25, -0.2) is 0 Å². The molecule has 0 aliphatic heterocycles. The number of rotatable bonds is 4. The fourth-order valence-corrected chi connectivity index (χ4v) is 9.04. The molecule has 160 valence electrons. The highest BCUT2D eigenvalue weighted by Crippen LogP contribution is 2.68. The van der Waals surface area contributed by atoms with Gasteiger partial charge in [-0.1, -0.05) is 20.8 Å². The van der Waals surface area contributed by atoms with Crippen LogP contribution in [0.4, 0.5) is 0 Å². The van der Waals surface area contributed by atoms with Crippen molar-refractivity contribution >= 4 is 5.78 Å². The lowest BCUT2D eigenvalue weighted by Gasteiger charge is -2.62. The SMILES string of the molecule is CC(=O)CC[C@@H](C)[C@H]1CCC2C3CC[C@H]4C[C@@](C)(O)CC[C@]4(C)C3CC[C@@]21C. The minimum Gasteiger partial charge on any atom is -0.390 e. The first-order chi connectivity index (χ1) is 13.1. The Balaban J connectivity index is 1.51. The van der Waals surface area contributed by atoms with Gasteiger partial charge in [0.15, 0.2) is 0 Å². The second-order valence-electron chi connectivity index (χ2n) is 12.3. The summed E-state index contributed by atoms with van der Waals surface area (Å²) in [5.41, 5.74) is 0.538. The van der Waals surface area contributed by atoms with Crippen molar-refractivity contribution in [3.8, 4) is 0 Å². The molecule has 0 aromatic heterocycles. The summed E-state index contributed by atoms with van der Waals surface area (Å²) in [5.74, 6) is 5.28. The van der Waals surface area contributed by atoms with E-state index in [0.717, 1.165) is 55.3 Å². The Morgan fingerprint density at radius 2 is 1.68 bits per heavy atom. The summed E-state index contributed by atoms with van der Waals surface area (Å²) in [7, 11) is 0. The second-order valence-corrected chi connectivity index (χ2v) is 12.3. The summed E-state index contributed by atoms with van der Waals surface area (Å²) in [6.07, 6.45) is 13.5. The van der Waals surface area contributed by atoms with Crippen LogP contribution in [0.1, 0.15) is 105 Å². The van der Waals surface area contributed by atoms with Gasteiger partial charge in [0.05, 0.1) is 5.60 Å². The molecule has 0 radical (unpaired) electrons. The van der Waals surface area contributed by atoms with E-state index in [1.807, 2.05) is 0 Å². The lowest BCUT2D eigenvalue weighted by Crippen LogP contribution is -2.55. The number of fused-ring (bicyclic) bond motifs is 5. The van der Waals surface area contributed by atoms with E-state index in [0.29, 0.717) is 22.5 Å². The molecule has 3 unspecified atom stereocenters.